The number of amides is 2. The van der Waals surface area contributed by atoms with Crippen LogP contribution in [0.25, 0.3) is 0 Å². The van der Waals surface area contributed by atoms with Gasteiger partial charge in [0.25, 0.3) is 5.91 Å². The van der Waals surface area contributed by atoms with Gasteiger partial charge in [-0.05, 0) is 42.8 Å². The first-order valence-corrected chi connectivity index (χ1v) is 8.47. The first kappa shape index (κ1) is 17.4. The zero-order valence-electron chi connectivity index (χ0n) is 14.1. The van der Waals surface area contributed by atoms with Gasteiger partial charge in [-0.2, -0.15) is 13.2 Å². The molecule has 0 radical (unpaired) electrons. The van der Waals surface area contributed by atoms with E-state index in [0.717, 1.165) is 35.6 Å². The van der Waals surface area contributed by atoms with E-state index in [-0.39, 0.29) is 23.6 Å². The summed E-state index contributed by atoms with van der Waals surface area (Å²) in [6, 6.07) is 10.9. The molecule has 8 heteroatoms. The lowest BCUT2D eigenvalue weighted by atomic mass is 10.1. The highest BCUT2D eigenvalue weighted by molar-refractivity contribution is 6.04. The van der Waals surface area contributed by atoms with E-state index in [2.05, 4.69) is 10.6 Å². The van der Waals surface area contributed by atoms with Crippen molar-refractivity contribution < 1.29 is 22.8 Å². The van der Waals surface area contributed by atoms with Gasteiger partial charge in [0.05, 0.1) is 16.9 Å². The summed E-state index contributed by atoms with van der Waals surface area (Å²) >= 11 is 0. The molecule has 2 amide bonds. The lowest BCUT2D eigenvalue weighted by Crippen LogP contribution is -2.44. The van der Waals surface area contributed by atoms with Crippen LogP contribution in [-0.4, -0.2) is 30.4 Å². The van der Waals surface area contributed by atoms with E-state index in [0.29, 0.717) is 13.0 Å². The van der Waals surface area contributed by atoms with Crippen molar-refractivity contribution in [1.82, 2.24) is 5.32 Å². The molecule has 5 nitrogen and oxygen atoms in total. The van der Waals surface area contributed by atoms with E-state index in [1.165, 1.54) is 0 Å². The molecule has 0 aliphatic carbocycles. The fraction of sp³-hybridized carbons (Fsp3) is 0.263. The standard InChI is InChI=1S/C19H16F3N3O2/c20-19(21,22)12-7-5-11(6-8-12)17(26)23-13-9-16-18(27)24-14-3-1-2-4-15(14)25(16)10-13/h1-8,13,16H,9-10H2,(H,23,26)(H,24,27). The average Bonchev–Trinajstić information content (AvgIpc) is 3.06. The molecule has 0 bridgehead atoms. The number of halogens is 3. The maximum atomic E-state index is 12.6. The van der Waals surface area contributed by atoms with E-state index in [9.17, 15) is 22.8 Å². The molecule has 27 heavy (non-hydrogen) atoms. The van der Waals surface area contributed by atoms with Crippen molar-refractivity contribution in [2.24, 2.45) is 0 Å². The lowest BCUT2D eigenvalue weighted by molar-refractivity contribution is -0.137. The van der Waals surface area contributed by atoms with Gasteiger partial charge in [0.15, 0.2) is 0 Å². The highest BCUT2D eigenvalue weighted by Gasteiger charge is 2.41. The Morgan fingerprint density at radius 2 is 1.81 bits per heavy atom. The summed E-state index contributed by atoms with van der Waals surface area (Å²) in [4.78, 5) is 26.6. The lowest BCUT2D eigenvalue weighted by Gasteiger charge is -2.32. The summed E-state index contributed by atoms with van der Waals surface area (Å²) < 4.78 is 37.9. The Hall–Kier alpha value is -3.03. The number of nitrogens with zero attached hydrogens (tertiary/aromatic N) is 1. The maximum absolute atomic E-state index is 12.6. The van der Waals surface area contributed by atoms with Crippen molar-refractivity contribution in [2.45, 2.75) is 24.7 Å². The second-order valence-corrected chi connectivity index (χ2v) is 6.66. The minimum atomic E-state index is -4.44. The number of rotatable bonds is 2. The van der Waals surface area contributed by atoms with Gasteiger partial charge >= 0.3 is 6.18 Å². The number of benzene rings is 2. The molecular formula is C19H16F3N3O2. The van der Waals surface area contributed by atoms with Crippen LogP contribution in [0, 0.1) is 0 Å². The van der Waals surface area contributed by atoms with Crippen LogP contribution in [0.5, 0.6) is 0 Å². The first-order valence-electron chi connectivity index (χ1n) is 8.47. The number of nitrogens with one attached hydrogen (secondary N) is 2. The highest BCUT2D eigenvalue weighted by Crippen LogP contribution is 2.36. The van der Waals surface area contributed by atoms with Gasteiger partial charge < -0.3 is 15.5 Å². The smallest absolute Gasteiger partial charge is 0.356 e. The second kappa shape index (κ2) is 6.29. The predicted octanol–water partition coefficient (Wildman–Crippen LogP) is 3.03. The van der Waals surface area contributed by atoms with E-state index in [1.807, 2.05) is 29.2 Å². The Kier molecular flexibility index (Phi) is 4.05. The number of alkyl halides is 3. The number of anilines is 2. The minimum Gasteiger partial charge on any atom is -0.356 e. The molecule has 0 spiro atoms. The number of carbonyl (C=O) groups excluding carboxylic acids is 2. The van der Waals surface area contributed by atoms with Crippen molar-refractivity contribution in [3.63, 3.8) is 0 Å². The maximum Gasteiger partial charge on any atom is 0.416 e. The van der Waals surface area contributed by atoms with Gasteiger partial charge in [0.1, 0.15) is 6.04 Å². The van der Waals surface area contributed by atoms with E-state index in [1.54, 1.807) is 0 Å². The average molecular weight is 375 g/mol. The zero-order valence-corrected chi connectivity index (χ0v) is 14.1. The molecule has 2 N–H and O–H groups in total. The molecule has 2 aliphatic rings. The van der Waals surface area contributed by atoms with Crippen LogP contribution in [0.1, 0.15) is 22.3 Å². The van der Waals surface area contributed by atoms with Crippen LogP contribution in [0.2, 0.25) is 0 Å². The summed E-state index contributed by atoms with van der Waals surface area (Å²) in [6.45, 7) is 0.460. The topological polar surface area (TPSA) is 61.4 Å². The number of hydrogen-bond acceptors (Lipinski definition) is 3. The Morgan fingerprint density at radius 3 is 2.52 bits per heavy atom. The SMILES string of the molecule is O=C(NC1CC2C(=O)Nc3ccccc3N2C1)c1ccc(C(F)(F)F)cc1. The number of hydrogen-bond donors (Lipinski definition) is 2. The summed E-state index contributed by atoms with van der Waals surface area (Å²) in [5.41, 5.74) is 0.977. The van der Waals surface area contributed by atoms with Gasteiger partial charge in [0, 0.05) is 18.2 Å². The molecule has 2 aromatic rings. The molecule has 1 saturated heterocycles. The monoisotopic (exact) mass is 375 g/mol. The highest BCUT2D eigenvalue weighted by atomic mass is 19.4. The van der Waals surface area contributed by atoms with Gasteiger partial charge in [-0.1, -0.05) is 12.1 Å². The Balaban J connectivity index is 1.47. The van der Waals surface area contributed by atoms with Gasteiger partial charge in [-0.15, -0.1) is 0 Å². The second-order valence-electron chi connectivity index (χ2n) is 6.66. The van der Waals surface area contributed by atoms with Gasteiger partial charge in [0.2, 0.25) is 5.91 Å². The van der Waals surface area contributed by atoms with E-state index in [4.69, 9.17) is 0 Å². The van der Waals surface area contributed by atoms with Crippen LogP contribution in [-0.2, 0) is 11.0 Å². The number of fused-ring (bicyclic) bond motifs is 3. The van der Waals surface area contributed by atoms with Crippen LogP contribution < -0.4 is 15.5 Å². The predicted molar refractivity (Wildman–Crippen MR) is 93.5 cm³/mol. The number of carbonyl (C=O) groups is 2. The van der Waals surface area contributed by atoms with Crippen molar-refractivity contribution >= 4 is 23.2 Å². The Morgan fingerprint density at radius 1 is 1.11 bits per heavy atom. The normalized spacial score (nSPS) is 21.3. The van der Waals surface area contributed by atoms with Crippen molar-refractivity contribution in [2.75, 3.05) is 16.8 Å². The summed E-state index contributed by atoms with van der Waals surface area (Å²) in [5.74, 6) is -0.581. The van der Waals surface area contributed by atoms with Crippen molar-refractivity contribution in [3.05, 3.63) is 59.7 Å². The molecule has 0 aromatic heterocycles. The van der Waals surface area contributed by atoms with E-state index < -0.39 is 17.6 Å². The third kappa shape index (κ3) is 3.22. The molecule has 2 unspecified atom stereocenters. The van der Waals surface area contributed by atoms with Crippen LogP contribution in [0.15, 0.2) is 48.5 Å². The summed E-state index contributed by atoms with van der Waals surface area (Å²) in [5, 5.41) is 5.68. The largest absolute Gasteiger partial charge is 0.416 e. The van der Waals surface area contributed by atoms with Gasteiger partial charge in [-0.25, -0.2) is 0 Å². The molecule has 2 atom stereocenters. The summed E-state index contributed by atoms with van der Waals surface area (Å²) in [6.07, 6.45) is -4.00. The molecular weight excluding hydrogens is 359 g/mol. The zero-order chi connectivity index (χ0) is 19.2. The molecule has 0 saturated carbocycles. The Bertz CT molecular complexity index is 896. The van der Waals surface area contributed by atoms with Crippen LogP contribution in [0.4, 0.5) is 24.5 Å². The molecule has 4 rings (SSSR count). The van der Waals surface area contributed by atoms with Crippen molar-refractivity contribution in [1.29, 1.82) is 0 Å². The fourth-order valence-electron chi connectivity index (χ4n) is 3.58. The molecule has 2 aromatic carbocycles. The molecule has 2 aliphatic heterocycles. The van der Waals surface area contributed by atoms with Gasteiger partial charge in [-0.3, -0.25) is 9.59 Å². The quantitative estimate of drug-likeness (QED) is 0.848. The molecule has 1 fully saturated rings. The summed E-state index contributed by atoms with van der Waals surface area (Å²) in [7, 11) is 0. The van der Waals surface area contributed by atoms with Crippen LogP contribution >= 0.6 is 0 Å². The third-order valence-electron chi connectivity index (χ3n) is 4.88. The number of para-hydroxylation sites is 2. The molecule has 140 valence electrons. The third-order valence-corrected chi connectivity index (χ3v) is 4.88. The minimum absolute atomic E-state index is 0.125. The van der Waals surface area contributed by atoms with Crippen molar-refractivity contribution in [3.8, 4) is 0 Å². The first-order chi connectivity index (χ1) is 12.8. The fourth-order valence-corrected chi connectivity index (χ4v) is 3.58. The Labute approximate surface area is 153 Å². The van der Waals surface area contributed by atoms with E-state index >= 15 is 0 Å². The van der Waals surface area contributed by atoms with Crippen LogP contribution in [0.3, 0.4) is 0 Å². The molecule has 2 heterocycles.